The third kappa shape index (κ3) is 5.02. The topological polar surface area (TPSA) is 71.1 Å². The standard InChI is InChI=1S/C18H14F3N3O2S2/c1-10(25)22-12-7-6-11(18(19,20)21)8-14(12)23-16(26)9-27-17-24-13-4-2-3-5-15(13)28-17/h2-8H,9H2,1H3,(H,22,25)(H,23,26). The number of alkyl halides is 3. The van der Waals surface area contributed by atoms with E-state index < -0.39 is 23.6 Å². The van der Waals surface area contributed by atoms with Crippen LogP contribution in [-0.2, 0) is 15.8 Å². The van der Waals surface area contributed by atoms with E-state index in [2.05, 4.69) is 15.6 Å². The molecule has 0 spiro atoms. The number of carbonyl (C=O) groups is 2. The van der Waals surface area contributed by atoms with Crippen LogP contribution in [0.25, 0.3) is 10.2 Å². The highest BCUT2D eigenvalue weighted by molar-refractivity contribution is 8.01. The van der Waals surface area contributed by atoms with Gasteiger partial charge in [0.25, 0.3) is 0 Å². The smallest absolute Gasteiger partial charge is 0.325 e. The second-order valence-electron chi connectivity index (χ2n) is 5.72. The molecule has 3 rings (SSSR count). The van der Waals surface area contributed by atoms with Gasteiger partial charge in [-0.15, -0.1) is 11.3 Å². The van der Waals surface area contributed by atoms with Crippen molar-refractivity contribution in [2.24, 2.45) is 0 Å². The van der Waals surface area contributed by atoms with Gasteiger partial charge in [0.2, 0.25) is 11.8 Å². The first-order chi connectivity index (χ1) is 13.2. The Bertz CT molecular complexity index is 1000. The van der Waals surface area contributed by atoms with Crippen LogP contribution in [0.1, 0.15) is 12.5 Å². The lowest BCUT2D eigenvalue weighted by atomic mass is 10.1. The lowest BCUT2D eigenvalue weighted by Crippen LogP contribution is -2.18. The number of aromatic nitrogens is 1. The van der Waals surface area contributed by atoms with E-state index >= 15 is 0 Å². The number of halogens is 3. The van der Waals surface area contributed by atoms with Crippen LogP contribution in [0.4, 0.5) is 24.5 Å². The van der Waals surface area contributed by atoms with Crippen molar-refractivity contribution in [1.82, 2.24) is 4.98 Å². The van der Waals surface area contributed by atoms with Crippen LogP contribution in [0.5, 0.6) is 0 Å². The van der Waals surface area contributed by atoms with Gasteiger partial charge in [-0.1, -0.05) is 23.9 Å². The van der Waals surface area contributed by atoms with Crippen molar-refractivity contribution in [2.75, 3.05) is 16.4 Å². The lowest BCUT2D eigenvalue weighted by Gasteiger charge is -2.14. The minimum atomic E-state index is -4.57. The van der Waals surface area contributed by atoms with E-state index in [1.165, 1.54) is 30.0 Å². The molecule has 0 atom stereocenters. The number of benzene rings is 2. The highest BCUT2D eigenvalue weighted by Crippen LogP contribution is 2.34. The summed E-state index contributed by atoms with van der Waals surface area (Å²) in [6.07, 6.45) is -4.57. The third-order valence-corrected chi connectivity index (χ3v) is 5.71. The van der Waals surface area contributed by atoms with Crippen molar-refractivity contribution in [3.05, 3.63) is 48.0 Å². The summed E-state index contributed by atoms with van der Waals surface area (Å²) in [5, 5.41) is 4.85. The van der Waals surface area contributed by atoms with Gasteiger partial charge in [-0.25, -0.2) is 4.98 Å². The fraction of sp³-hybridized carbons (Fsp3) is 0.167. The summed E-state index contributed by atoms with van der Waals surface area (Å²) in [4.78, 5) is 27.9. The molecule has 5 nitrogen and oxygen atoms in total. The molecule has 0 fully saturated rings. The first-order valence-corrected chi connectivity index (χ1v) is 9.79. The Kier molecular flexibility index (Phi) is 5.90. The maximum Gasteiger partial charge on any atom is 0.416 e. The van der Waals surface area contributed by atoms with E-state index in [1.807, 2.05) is 24.3 Å². The van der Waals surface area contributed by atoms with Crippen molar-refractivity contribution < 1.29 is 22.8 Å². The number of nitrogens with one attached hydrogen (secondary N) is 2. The van der Waals surface area contributed by atoms with Crippen LogP contribution in [-0.4, -0.2) is 22.6 Å². The number of fused-ring (bicyclic) bond motifs is 1. The predicted octanol–water partition coefficient (Wildman–Crippen LogP) is 5.00. The molecule has 0 saturated carbocycles. The van der Waals surface area contributed by atoms with Gasteiger partial charge in [-0.2, -0.15) is 13.2 Å². The third-order valence-electron chi connectivity index (χ3n) is 3.53. The monoisotopic (exact) mass is 425 g/mol. The molecular formula is C18H14F3N3O2S2. The molecule has 1 aromatic heterocycles. The van der Waals surface area contributed by atoms with Crippen LogP contribution < -0.4 is 10.6 Å². The maximum absolute atomic E-state index is 13.0. The largest absolute Gasteiger partial charge is 0.416 e. The predicted molar refractivity (Wildman–Crippen MR) is 105 cm³/mol. The van der Waals surface area contributed by atoms with Gasteiger partial charge < -0.3 is 10.6 Å². The molecule has 2 amide bonds. The van der Waals surface area contributed by atoms with E-state index in [4.69, 9.17) is 0 Å². The molecule has 1 heterocycles. The molecule has 2 N–H and O–H groups in total. The summed E-state index contributed by atoms with van der Waals surface area (Å²) in [5.74, 6) is -0.996. The minimum absolute atomic E-state index is 0.0322. The number of hydrogen-bond acceptors (Lipinski definition) is 5. The Morgan fingerprint density at radius 2 is 1.86 bits per heavy atom. The van der Waals surface area contributed by atoms with Gasteiger partial charge in [0.05, 0.1) is 32.9 Å². The van der Waals surface area contributed by atoms with E-state index in [9.17, 15) is 22.8 Å². The molecule has 0 aliphatic carbocycles. The average molecular weight is 425 g/mol. The zero-order valence-electron chi connectivity index (χ0n) is 14.5. The molecule has 0 unspecified atom stereocenters. The summed E-state index contributed by atoms with van der Waals surface area (Å²) in [7, 11) is 0. The van der Waals surface area contributed by atoms with Gasteiger partial charge >= 0.3 is 6.18 Å². The summed E-state index contributed by atoms with van der Waals surface area (Å²) in [6, 6.07) is 10.3. The molecule has 146 valence electrons. The molecule has 2 aromatic carbocycles. The van der Waals surface area contributed by atoms with Crippen LogP contribution >= 0.6 is 23.1 Å². The molecule has 0 aliphatic heterocycles. The molecule has 10 heteroatoms. The quantitative estimate of drug-likeness (QED) is 0.564. The summed E-state index contributed by atoms with van der Waals surface area (Å²) >= 11 is 2.62. The van der Waals surface area contributed by atoms with E-state index in [-0.39, 0.29) is 17.1 Å². The van der Waals surface area contributed by atoms with E-state index in [0.717, 1.165) is 28.4 Å². The van der Waals surface area contributed by atoms with Crippen LogP contribution in [0.15, 0.2) is 46.8 Å². The zero-order chi connectivity index (χ0) is 20.3. The Hall–Kier alpha value is -2.59. The highest BCUT2D eigenvalue weighted by Gasteiger charge is 2.31. The highest BCUT2D eigenvalue weighted by atomic mass is 32.2. The Balaban J connectivity index is 1.73. The number of rotatable bonds is 5. The van der Waals surface area contributed by atoms with Gasteiger partial charge in [-0.05, 0) is 30.3 Å². The van der Waals surface area contributed by atoms with Gasteiger partial charge in [0.1, 0.15) is 0 Å². The molecule has 0 radical (unpaired) electrons. The van der Waals surface area contributed by atoms with Crippen LogP contribution in [0, 0.1) is 0 Å². The molecule has 0 saturated heterocycles. The second kappa shape index (κ2) is 8.19. The van der Waals surface area contributed by atoms with Crippen molar-refractivity contribution in [1.29, 1.82) is 0 Å². The Morgan fingerprint density at radius 3 is 2.54 bits per heavy atom. The second-order valence-corrected chi connectivity index (χ2v) is 7.98. The number of nitrogens with zero attached hydrogens (tertiary/aromatic N) is 1. The van der Waals surface area contributed by atoms with Gasteiger partial charge in [-0.3, -0.25) is 9.59 Å². The number of thioether (sulfide) groups is 1. The maximum atomic E-state index is 13.0. The van der Waals surface area contributed by atoms with Crippen LogP contribution in [0.3, 0.4) is 0 Å². The molecular weight excluding hydrogens is 411 g/mol. The molecule has 0 aliphatic rings. The Morgan fingerprint density at radius 1 is 1.11 bits per heavy atom. The molecule has 28 heavy (non-hydrogen) atoms. The normalized spacial score (nSPS) is 11.4. The number of thiazole rings is 1. The average Bonchev–Trinajstić information content (AvgIpc) is 3.03. The van der Waals surface area contributed by atoms with Gasteiger partial charge in [0.15, 0.2) is 4.34 Å². The number of para-hydroxylation sites is 1. The van der Waals surface area contributed by atoms with Crippen molar-refractivity contribution >= 4 is 56.5 Å². The first kappa shape index (κ1) is 20.2. The summed E-state index contributed by atoms with van der Waals surface area (Å²) in [6.45, 7) is 1.23. The number of carbonyl (C=O) groups excluding carboxylic acids is 2. The molecule has 3 aromatic rings. The number of anilines is 2. The molecule has 0 bridgehead atoms. The zero-order valence-corrected chi connectivity index (χ0v) is 16.1. The first-order valence-electron chi connectivity index (χ1n) is 7.99. The summed E-state index contributed by atoms with van der Waals surface area (Å²) in [5.41, 5.74) is -0.115. The van der Waals surface area contributed by atoms with Crippen molar-refractivity contribution in [3.63, 3.8) is 0 Å². The number of hydrogen-bond donors (Lipinski definition) is 2. The van der Waals surface area contributed by atoms with Gasteiger partial charge in [0, 0.05) is 6.92 Å². The minimum Gasteiger partial charge on any atom is -0.325 e. The Labute approximate surface area is 166 Å². The lowest BCUT2D eigenvalue weighted by molar-refractivity contribution is -0.137. The fourth-order valence-electron chi connectivity index (χ4n) is 2.35. The fourth-order valence-corrected chi connectivity index (χ4v) is 4.22. The van der Waals surface area contributed by atoms with Crippen LogP contribution in [0.2, 0.25) is 0 Å². The van der Waals surface area contributed by atoms with E-state index in [0.29, 0.717) is 4.34 Å². The SMILES string of the molecule is CC(=O)Nc1ccc(C(F)(F)F)cc1NC(=O)CSc1nc2ccccc2s1. The van der Waals surface area contributed by atoms with Crippen molar-refractivity contribution in [2.45, 2.75) is 17.4 Å². The van der Waals surface area contributed by atoms with E-state index in [1.54, 1.807) is 0 Å². The van der Waals surface area contributed by atoms with Crippen molar-refractivity contribution in [3.8, 4) is 0 Å². The summed E-state index contributed by atoms with van der Waals surface area (Å²) < 4.78 is 40.5. The number of amides is 2.